The van der Waals surface area contributed by atoms with Gasteiger partial charge in [0.1, 0.15) is 18.9 Å². The van der Waals surface area contributed by atoms with Gasteiger partial charge in [-0.2, -0.15) is 0 Å². The molecule has 2 heterocycles. The second-order valence-electron chi connectivity index (χ2n) is 8.33. The number of aryl methyl sites for hydroxylation is 1. The molecule has 0 aliphatic carbocycles. The van der Waals surface area contributed by atoms with Crippen molar-refractivity contribution in [2.45, 2.75) is 89.5 Å². The molecule has 0 amide bonds. The van der Waals surface area contributed by atoms with Crippen molar-refractivity contribution >= 4 is 5.97 Å². The van der Waals surface area contributed by atoms with Gasteiger partial charge in [-0.05, 0) is 30.8 Å². The number of esters is 1. The minimum Gasteiger partial charge on any atom is -0.463 e. The van der Waals surface area contributed by atoms with Gasteiger partial charge in [-0.25, -0.2) is 4.79 Å². The molecule has 13 heteroatoms. The molecule has 0 bridgehead atoms. The van der Waals surface area contributed by atoms with E-state index in [0.29, 0.717) is 18.5 Å². The van der Waals surface area contributed by atoms with Crippen LogP contribution in [0.4, 0.5) is 0 Å². The second kappa shape index (κ2) is 14.8. The fourth-order valence-electron chi connectivity index (χ4n) is 3.83. The number of hydrogen-bond donors (Lipinski definition) is 1. The molecule has 1 N–H and O–H groups in total. The lowest BCUT2D eigenvalue weighted by Gasteiger charge is -2.17. The third kappa shape index (κ3) is 8.93. The first-order valence-corrected chi connectivity index (χ1v) is 11.6. The molecule has 0 unspecified atom stereocenters. The van der Waals surface area contributed by atoms with Crippen molar-refractivity contribution in [2.75, 3.05) is 13.2 Å². The highest BCUT2D eigenvalue weighted by atomic mass is 16.6. The molecule has 13 nitrogen and oxygen atoms in total. The van der Waals surface area contributed by atoms with Gasteiger partial charge < -0.3 is 9.47 Å². The summed E-state index contributed by atoms with van der Waals surface area (Å²) in [5.74, 6) is -0.346. The average molecular weight is 477 g/mol. The summed E-state index contributed by atoms with van der Waals surface area (Å²) in [5, 5.41) is 7.23. The van der Waals surface area contributed by atoms with Crippen molar-refractivity contribution in [3.63, 3.8) is 0 Å². The number of rotatable bonds is 15. The van der Waals surface area contributed by atoms with Gasteiger partial charge in [0.25, 0.3) is 5.56 Å². The monoisotopic (exact) mass is 476 g/mol. The van der Waals surface area contributed by atoms with Crippen molar-refractivity contribution in [1.29, 1.82) is 0 Å². The average Bonchev–Trinajstić information content (AvgIpc) is 3.21. The number of aromatic amines is 1. The van der Waals surface area contributed by atoms with Crippen molar-refractivity contribution in [2.24, 2.45) is 10.2 Å². The van der Waals surface area contributed by atoms with E-state index in [4.69, 9.17) is 20.5 Å². The Bertz CT molecular complexity index is 1010. The van der Waals surface area contributed by atoms with Crippen molar-refractivity contribution in [1.82, 2.24) is 9.55 Å². The summed E-state index contributed by atoms with van der Waals surface area (Å²) in [6, 6.07) is -0.603. The van der Waals surface area contributed by atoms with E-state index >= 15 is 0 Å². The molecule has 1 fully saturated rings. The predicted molar refractivity (Wildman–Crippen MR) is 124 cm³/mol. The maximum atomic E-state index is 12.1. The third-order valence-electron chi connectivity index (χ3n) is 5.72. The number of nitrogens with zero attached hydrogens (tertiary/aromatic N) is 7. The van der Waals surface area contributed by atoms with Crippen molar-refractivity contribution in [3.05, 3.63) is 53.5 Å². The van der Waals surface area contributed by atoms with E-state index < -0.39 is 29.6 Å². The first-order valence-electron chi connectivity index (χ1n) is 11.6. The van der Waals surface area contributed by atoms with Gasteiger partial charge in [-0.3, -0.25) is 19.1 Å². The molecule has 0 radical (unpaired) electrons. The van der Waals surface area contributed by atoms with E-state index in [9.17, 15) is 14.4 Å². The number of azide groups is 2. The zero-order valence-electron chi connectivity index (χ0n) is 19.5. The number of ether oxygens (including phenoxy) is 2. The number of carbonyl (C=O) groups is 1. The molecule has 1 aromatic rings. The standard InChI is InChI=1S/C21H32N8O5/c1-15-13-29(21(32)25-20(15)31)18-12-16(26-28-23)17(34-18)14-33-19(30)10-8-6-4-2-3-5-7-9-11-24-27-22/h13,16-18H,2-12,14H2,1H3,(H,25,31,32)/t16-,17+,18+/m0/s1. The normalized spacial score (nSPS) is 19.3. The van der Waals surface area contributed by atoms with Gasteiger partial charge in [0.15, 0.2) is 0 Å². The molecule has 0 aromatic carbocycles. The van der Waals surface area contributed by atoms with E-state index in [1.807, 2.05) is 0 Å². The highest BCUT2D eigenvalue weighted by molar-refractivity contribution is 5.69. The number of hydrogen-bond acceptors (Lipinski definition) is 7. The SMILES string of the molecule is Cc1cn([C@H]2C[C@H](N=[N+]=[N-])[C@@H](COC(=O)CCCCCCCCCCN=[N+]=[N-])O2)c(=O)[nH]c1=O. The molecule has 2 rings (SSSR count). The summed E-state index contributed by atoms with van der Waals surface area (Å²) in [4.78, 5) is 43.6. The molecule has 1 aromatic heterocycles. The van der Waals surface area contributed by atoms with Crippen LogP contribution in [-0.2, 0) is 14.3 Å². The van der Waals surface area contributed by atoms with Gasteiger partial charge in [0.05, 0.1) is 6.04 Å². The molecule has 186 valence electrons. The van der Waals surface area contributed by atoms with Crippen LogP contribution in [0, 0.1) is 6.92 Å². The summed E-state index contributed by atoms with van der Waals surface area (Å²) >= 11 is 0. The summed E-state index contributed by atoms with van der Waals surface area (Å²) in [6.07, 6.45) is 8.54. The lowest BCUT2D eigenvalue weighted by molar-refractivity contribution is -0.148. The van der Waals surface area contributed by atoms with E-state index in [1.54, 1.807) is 6.92 Å². The van der Waals surface area contributed by atoms with E-state index in [1.165, 1.54) is 10.8 Å². The van der Waals surface area contributed by atoms with Gasteiger partial charge in [-0.15, -0.1) is 0 Å². The van der Waals surface area contributed by atoms with Crippen LogP contribution in [0.3, 0.4) is 0 Å². The minimum atomic E-state index is -0.735. The van der Waals surface area contributed by atoms with Crippen molar-refractivity contribution in [3.8, 4) is 0 Å². The van der Waals surface area contributed by atoms with Gasteiger partial charge >= 0.3 is 11.7 Å². The fraction of sp³-hybridized carbons (Fsp3) is 0.762. The highest BCUT2D eigenvalue weighted by Gasteiger charge is 2.37. The Hall–Kier alpha value is -3.27. The highest BCUT2D eigenvalue weighted by Crippen LogP contribution is 2.30. The molecule has 1 saturated heterocycles. The zero-order chi connectivity index (χ0) is 24.8. The molecular weight excluding hydrogens is 444 g/mol. The third-order valence-corrected chi connectivity index (χ3v) is 5.72. The Morgan fingerprint density at radius 2 is 1.82 bits per heavy atom. The predicted octanol–water partition coefficient (Wildman–Crippen LogP) is 4.18. The summed E-state index contributed by atoms with van der Waals surface area (Å²) in [5.41, 5.74) is 16.3. The van der Waals surface area contributed by atoms with Gasteiger partial charge in [-0.1, -0.05) is 48.8 Å². The first kappa shape index (κ1) is 27.0. The first-order chi connectivity index (χ1) is 16.5. The number of H-pyrrole nitrogens is 1. The topological polar surface area (TPSA) is 188 Å². The number of unbranched alkanes of at least 4 members (excludes halogenated alkanes) is 7. The smallest absolute Gasteiger partial charge is 0.330 e. The van der Waals surface area contributed by atoms with E-state index in [-0.39, 0.29) is 19.0 Å². The number of carbonyl (C=O) groups excluding carboxylic acids is 1. The lowest BCUT2D eigenvalue weighted by atomic mass is 10.1. The fourth-order valence-corrected chi connectivity index (χ4v) is 3.83. The Morgan fingerprint density at radius 1 is 1.15 bits per heavy atom. The largest absolute Gasteiger partial charge is 0.463 e. The van der Waals surface area contributed by atoms with Crippen LogP contribution in [0.5, 0.6) is 0 Å². The molecular formula is C21H32N8O5. The van der Waals surface area contributed by atoms with Crippen LogP contribution in [0.15, 0.2) is 26.0 Å². The maximum absolute atomic E-state index is 12.1. The van der Waals surface area contributed by atoms with Crippen LogP contribution in [0.2, 0.25) is 0 Å². The van der Waals surface area contributed by atoms with Crippen LogP contribution >= 0.6 is 0 Å². The van der Waals surface area contributed by atoms with Crippen molar-refractivity contribution < 1.29 is 14.3 Å². The van der Waals surface area contributed by atoms with Crippen LogP contribution in [0.25, 0.3) is 20.9 Å². The molecule has 34 heavy (non-hydrogen) atoms. The van der Waals surface area contributed by atoms with E-state index in [0.717, 1.165) is 51.4 Å². The second-order valence-corrected chi connectivity index (χ2v) is 8.33. The van der Waals surface area contributed by atoms with Crippen LogP contribution in [-0.4, -0.2) is 40.8 Å². The number of aromatic nitrogens is 2. The molecule has 0 saturated carbocycles. The van der Waals surface area contributed by atoms with Gasteiger partial charge in [0, 0.05) is 41.0 Å². The molecule has 0 spiro atoms. The molecule has 1 aliphatic rings. The Kier molecular flexibility index (Phi) is 11.7. The summed E-state index contributed by atoms with van der Waals surface area (Å²) in [7, 11) is 0. The Balaban J connectivity index is 1.68. The van der Waals surface area contributed by atoms with E-state index in [2.05, 4.69) is 25.0 Å². The maximum Gasteiger partial charge on any atom is 0.330 e. The van der Waals surface area contributed by atoms with Crippen LogP contribution < -0.4 is 11.2 Å². The Morgan fingerprint density at radius 3 is 2.50 bits per heavy atom. The molecule has 1 aliphatic heterocycles. The Labute approximate surface area is 196 Å². The minimum absolute atomic E-state index is 0.0774. The lowest BCUT2D eigenvalue weighted by Crippen LogP contribution is -2.33. The number of nitrogens with one attached hydrogen (secondary N) is 1. The summed E-state index contributed by atoms with van der Waals surface area (Å²) < 4.78 is 12.4. The van der Waals surface area contributed by atoms with Gasteiger partial charge in [0.2, 0.25) is 0 Å². The van der Waals surface area contributed by atoms with Crippen LogP contribution in [0.1, 0.15) is 76.0 Å². The molecule has 3 atom stereocenters. The summed E-state index contributed by atoms with van der Waals surface area (Å²) in [6.45, 7) is 2.05. The zero-order valence-corrected chi connectivity index (χ0v) is 19.5. The quantitative estimate of drug-likeness (QED) is 0.130.